The molecule has 0 aliphatic carbocycles. The number of halogens is 1. The monoisotopic (exact) mass is 459 g/mol. The van der Waals surface area contributed by atoms with Gasteiger partial charge < -0.3 is 14.3 Å². The van der Waals surface area contributed by atoms with E-state index in [1.807, 2.05) is 12.1 Å². The van der Waals surface area contributed by atoms with Gasteiger partial charge in [-0.1, -0.05) is 23.7 Å². The van der Waals surface area contributed by atoms with Crippen LogP contribution >= 0.6 is 11.6 Å². The first kappa shape index (κ1) is 21.8. The molecule has 168 valence electrons. The smallest absolute Gasteiger partial charge is 0.332 e. The maximum Gasteiger partial charge on any atom is 0.332 e. The molecule has 4 rings (SSSR count). The fourth-order valence-corrected chi connectivity index (χ4v) is 3.53. The van der Waals surface area contributed by atoms with Gasteiger partial charge in [0.1, 0.15) is 5.76 Å². The van der Waals surface area contributed by atoms with Crippen molar-refractivity contribution in [3.63, 3.8) is 0 Å². The lowest BCUT2D eigenvalue weighted by atomic mass is 10.2. The molecular formula is C21H22ClN5O5. The van der Waals surface area contributed by atoms with Crippen molar-refractivity contribution in [1.82, 2.24) is 23.7 Å². The molecule has 3 aromatic heterocycles. The fraction of sp³-hybridized carbons (Fsp3) is 0.333. The predicted molar refractivity (Wildman–Crippen MR) is 117 cm³/mol. The highest BCUT2D eigenvalue weighted by Gasteiger charge is 2.22. The van der Waals surface area contributed by atoms with Crippen molar-refractivity contribution in [1.29, 1.82) is 0 Å². The van der Waals surface area contributed by atoms with E-state index in [0.29, 0.717) is 16.7 Å². The summed E-state index contributed by atoms with van der Waals surface area (Å²) in [6, 6.07) is 7.32. The van der Waals surface area contributed by atoms with Crippen LogP contribution < -0.4 is 16.0 Å². The highest BCUT2D eigenvalue weighted by molar-refractivity contribution is 6.30. The Morgan fingerprint density at radius 2 is 1.94 bits per heavy atom. The quantitative estimate of drug-likeness (QED) is 0.427. The molecule has 0 atom stereocenters. The molecule has 0 saturated carbocycles. The Bertz CT molecular complexity index is 1370. The summed E-state index contributed by atoms with van der Waals surface area (Å²) in [7, 11) is 1.54. The maximum absolute atomic E-state index is 13.3. The molecule has 32 heavy (non-hydrogen) atoms. The van der Waals surface area contributed by atoms with Gasteiger partial charge in [-0.2, -0.15) is 4.98 Å². The maximum atomic E-state index is 13.3. The zero-order chi connectivity index (χ0) is 22.8. The zero-order valence-electron chi connectivity index (χ0n) is 17.6. The molecule has 0 fully saturated rings. The average Bonchev–Trinajstić information content (AvgIpc) is 3.36. The van der Waals surface area contributed by atoms with Gasteiger partial charge in [-0.15, -0.1) is 0 Å². The summed E-state index contributed by atoms with van der Waals surface area (Å²) >= 11 is 6.00. The minimum Gasteiger partial charge on any atom is -0.455 e. The van der Waals surface area contributed by atoms with Crippen molar-refractivity contribution >= 4 is 22.8 Å². The van der Waals surface area contributed by atoms with E-state index in [-0.39, 0.29) is 49.9 Å². The third-order valence-electron chi connectivity index (χ3n) is 4.99. The van der Waals surface area contributed by atoms with E-state index < -0.39 is 11.2 Å². The Balaban J connectivity index is 1.85. The van der Waals surface area contributed by atoms with E-state index in [1.165, 1.54) is 4.57 Å². The summed E-state index contributed by atoms with van der Waals surface area (Å²) in [5, 5.41) is 9.75. The van der Waals surface area contributed by atoms with Gasteiger partial charge in [0.15, 0.2) is 17.8 Å². The van der Waals surface area contributed by atoms with Crippen LogP contribution in [0.4, 0.5) is 0 Å². The standard InChI is InChI=1S/C21H22ClN5O5/c1-13-10-23-16(32-13)12-31-20-24-18-17(27(20)11-14-4-6-15(22)7-5-14)19(29)26(8-3-9-28)21(30)25(18)2/h4-7,10,28H,3,8-9,11-12H2,1-2H3. The van der Waals surface area contributed by atoms with Gasteiger partial charge in [0.05, 0.1) is 12.7 Å². The fourth-order valence-electron chi connectivity index (χ4n) is 3.40. The van der Waals surface area contributed by atoms with E-state index in [0.717, 1.165) is 10.1 Å². The van der Waals surface area contributed by atoms with Gasteiger partial charge >= 0.3 is 5.69 Å². The second-order valence-electron chi connectivity index (χ2n) is 7.31. The summed E-state index contributed by atoms with van der Waals surface area (Å²) in [5.41, 5.74) is 0.272. The Hall–Kier alpha value is -3.37. The van der Waals surface area contributed by atoms with Crippen LogP contribution in [-0.4, -0.2) is 35.4 Å². The molecule has 0 saturated heterocycles. The van der Waals surface area contributed by atoms with Crippen molar-refractivity contribution in [3.05, 3.63) is 73.5 Å². The van der Waals surface area contributed by atoms with Gasteiger partial charge in [-0.25, -0.2) is 9.78 Å². The Kier molecular flexibility index (Phi) is 6.15. The Morgan fingerprint density at radius 3 is 2.59 bits per heavy atom. The summed E-state index contributed by atoms with van der Waals surface area (Å²) in [5.74, 6) is 1.01. The number of aromatic nitrogens is 5. The van der Waals surface area contributed by atoms with Gasteiger partial charge in [0.25, 0.3) is 11.6 Å². The lowest BCUT2D eigenvalue weighted by Gasteiger charge is -2.11. The van der Waals surface area contributed by atoms with Crippen LogP contribution in [-0.2, 0) is 26.7 Å². The van der Waals surface area contributed by atoms with Crippen molar-refractivity contribution in [2.75, 3.05) is 6.61 Å². The summed E-state index contributed by atoms with van der Waals surface area (Å²) < 4.78 is 15.3. The second-order valence-corrected chi connectivity index (χ2v) is 7.74. The SMILES string of the molecule is Cc1cnc(COc2nc3c(c(=O)n(CCCO)c(=O)n3C)n2Cc2ccc(Cl)cc2)o1. The molecule has 0 bridgehead atoms. The van der Waals surface area contributed by atoms with Crippen LogP contribution in [0.3, 0.4) is 0 Å². The van der Waals surface area contributed by atoms with Crippen LogP contribution in [0.25, 0.3) is 11.2 Å². The first-order chi connectivity index (χ1) is 15.4. The highest BCUT2D eigenvalue weighted by atomic mass is 35.5. The summed E-state index contributed by atoms with van der Waals surface area (Å²) in [6.07, 6.45) is 1.86. The minimum absolute atomic E-state index is 0.00439. The number of aliphatic hydroxyl groups is 1. The number of benzene rings is 1. The Morgan fingerprint density at radius 1 is 1.19 bits per heavy atom. The minimum atomic E-state index is -0.512. The number of oxazole rings is 1. The molecule has 0 spiro atoms. The number of hydrogen-bond acceptors (Lipinski definition) is 7. The molecule has 3 heterocycles. The molecule has 11 heteroatoms. The first-order valence-corrected chi connectivity index (χ1v) is 10.4. The zero-order valence-corrected chi connectivity index (χ0v) is 18.4. The van der Waals surface area contributed by atoms with E-state index in [9.17, 15) is 9.59 Å². The number of aryl methyl sites for hydroxylation is 2. The number of ether oxygens (including phenoxy) is 1. The van der Waals surface area contributed by atoms with Crippen molar-refractivity contribution in [2.45, 2.75) is 33.0 Å². The second kappa shape index (κ2) is 9.01. The van der Waals surface area contributed by atoms with Crippen LogP contribution in [0.1, 0.15) is 23.6 Å². The number of nitrogens with zero attached hydrogens (tertiary/aromatic N) is 5. The molecular weight excluding hydrogens is 438 g/mol. The topological polar surface area (TPSA) is 117 Å². The van der Waals surface area contributed by atoms with E-state index in [4.69, 9.17) is 25.9 Å². The van der Waals surface area contributed by atoms with Crippen molar-refractivity contribution < 1.29 is 14.3 Å². The summed E-state index contributed by atoms with van der Waals surface area (Å²) in [4.78, 5) is 34.5. The van der Waals surface area contributed by atoms with Crippen molar-refractivity contribution in [2.24, 2.45) is 7.05 Å². The molecule has 0 aliphatic heterocycles. The Labute approximate surface area is 187 Å². The van der Waals surface area contributed by atoms with Crippen LogP contribution in [0.2, 0.25) is 5.02 Å². The summed E-state index contributed by atoms with van der Waals surface area (Å²) in [6.45, 7) is 2.00. The van der Waals surface area contributed by atoms with Gasteiger partial charge in [0, 0.05) is 25.2 Å². The molecule has 0 aliphatic rings. The number of imidazole rings is 1. The number of hydrogen-bond donors (Lipinski definition) is 1. The molecule has 1 N–H and O–H groups in total. The van der Waals surface area contributed by atoms with Gasteiger partial charge in [-0.05, 0) is 31.0 Å². The van der Waals surface area contributed by atoms with E-state index in [1.54, 1.807) is 36.9 Å². The molecule has 0 unspecified atom stereocenters. The third kappa shape index (κ3) is 4.19. The largest absolute Gasteiger partial charge is 0.455 e. The van der Waals surface area contributed by atoms with Crippen molar-refractivity contribution in [3.8, 4) is 6.01 Å². The van der Waals surface area contributed by atoms with E-state index in [2.05, 4.69) is 9.97 Å². The number of fused-ring (bicyclic) bond motifs is 1. The first-order valence-electron chi connectivity index (χ1n) is 9.98. The third-order valence-corrected chi connectivity index (χ3v) is 5.24. The normalized spacial score (nSPS) is 11.4. The predicted octanol–water partition coefficient (Wildman–Crippen LogP) is 1.86. The molecule has 10 nitrogen and oxygen atoms in total. The number of aliphatic hydroxyl groups excluding tert-OH is 1. The molecule has 1 aromatic carbocycles. The lowest BCUT2D eigenvalue weighted by Crippen LogP contribution is -2.39. The van der Waals surface area contributed by atoms with Crippen LogP contribution in [0, 0.1) is 6.92 Å². The van der Waals surface area contributed by atoms with E-state index >= 15 is 0 Å². The van der Waals surface area contributed by atoms with Gasteiger partial charge in [-0.3, -0.25) is 18.5 Å². The van der Waals surface area contributed by atoms with Crippen LogP contribution in [0.5, 0.6) is 6.01 Å². The number of rotatable bonds is 8. The molecule has 4 aromatic rings. The molecule has 0 radical (unpaired) electrons. The average molecular weight is 460 g/mol. The van der Waals surface area contributed by atoms with Crippen LogP contribution in [0.15, 0.2) is 44.5 Å². The molecule has 0 amide bonds. The van der Waals surface area contributed by atoms with Gasteiger partial charge in [0.2, 0.25) is 5.89 Å². The lowest BCUT2D eigenvalue weighted by molar-refractivity contribution is 0.234. The highest BCUT2D eigenvalue weighted by Crippen LogP contribution is 2.21.